The summed E-state index contributed by atoms with van der Waals surface area (Å²) in [6.07, 6.45) is 1.31. The van der Waals surface area contributed by atoms with Gasteiger partial charge in [0.2, 0.25) is 0 Å². The Labute approximate surface area is 114 Å². The third-order valence-corrected chi connectivity index (χ3v) is 3.14. The van der Waals surface area contributed by atoms with E-state index < -0.39 is 17.7 Å². The molecule has 0 aliphatic carbocycles. The van der Waals surface area contributed by atoms with Crippen molar-refractivity contribution in [2.75, 3.05) is 13.2 Å². The average Bonchev–Trinajstić information content (AvgIpc) is 2.37. The summed E-state index contributed by atoms with van der Waals surface area (Å²) in [4.78, 5) is 0. The second kappa shape index (κ2) is 7.78. The van der Waals surface area contributed by atoms with Crippen LogP contribution in [0, 0.1) is 11.6 Å². The first kappa shape index (κ1) is 15.5. The highest BCUT2D eigenvalue weighted by molar-refractivity contribution is 9.10. The van der Waals surface area contributed by atoms with Crippen LogP contribution in [0.5, 0.6) is 0 Å². The second-order valence-corrected chi connectivity index (χ2v) is 4.73. The van der Waals surface area contributed by atoms with Crippen molar-refractivity contribution in [2.45, 2.75) is 25.8 Å². The molecule has 1 aromatic rings. The monoisotopic (exact) mass is 322 g/mol. The Morgan fingerprint density at radius 1 is 1.39 bits per heavy atom. The van der Waals surface area contributed by atoms with Crippen molar-refractivity contribution in [1.29, 1.82) is 0 Å². The fraction of sp³-hybridized carbons (Fsp3) is 0.500. The SMILES string of the molecule is CCCOCCC(NN)c1c(F)ccc(Br)c1F. The Morgan fingerprint density at radius 3 is 2.72 bits per heavy atom. The Morgan fingerprint density at radius 2 is 2.11 bits per heavy atom. The van der Waals surface area contributed by atoms with Gasteiger partial charge in [0.25, 0.3) is 0 Å². The van der Waals surface area contributed by atoms with E-state index in [9.17, 15) is 8.78 Å². The van der Waals surface area contributed by atoms with E-state index in [0.29, 0.717) is 19.6 Å². The predicted molar refractivity (Wildman–Crippen MR) is 69.8 cm³/mol. The summed E-state index contributed by atoms with van der Waals surface area (Å²) >= 11 is 3.03. The molecular weight excluding hydrogens is 306 g/mol. The highest BCUT2D eigenvalue weighted by atomic mass is 79.9. The van der Waals surface area contributed by atoms with Crippen molar-refractivity contribution in [1.82, 2.24) is 5.43 Å². The van der Waals surface area contributed by atoms with Crippen LogP contribution in [0.15, 0.2) is 16.6 Å². The van der Waals surface area contributed by atoms with Crippen molar-refractivity contribution >= 4 is 15.9 Å². The second-order valence-electron chi connectivity index (χ2n) is 3.88. The van der Waals surface area contributed by atoms with E-state index in [1.807, 2.05) is 6.92 Å². The van der Waals surface area contributed by atoms with Crippen molar-refractivity contribution in [3.05, 3.63) is 33.8 Å². The number of nitrogens with one attached hydrogen (secondary N) is 1. The van der Waals surface area contributed by atoms with Gasteiger partial charge in [-0.15, -0.1) is 0 Å². The van der Waals surface area contributed by atoms with Crippen LogP contribution in [0.3, 0.4) is 0 Å². The number of rotatable bonds is 7. The summed E-state index contributed by atoms with van der Waals surface area (Å²) in [6, 6.07) is 1.93. The molecular formula is C12H17BrF2N2O. The normalized spacial score (nSPS) is 12.7. The van der Waals surface area contributed by atoms with Crippen LogP contribution in [0.25, 0.3) is 0 Å². The van der Waals surface area contributed by atoms with E-state index in [2.05, 4.69) is 21.4 Å². The van der Waals surface area contributed by atoms with Gasteiger partial charge in [-0.3, -0.25) is 11.3 Å². The lowest BCUT2D eigenvalue weighted by Crippen LogP contribution is -2.30. The van der Waals surface area contributed by atoms with Crippen molar-refractivity contribution in [2.24, 2.45) is 5.84 Å². The molecule has 0 radical (unpaired) electrons. The van der Waals surface area contributed by atoms with Gasteiger partial charge in [0.05, 0.1) is 10.5 Å². The first-order valence-corrected chi connectivity index (χ1v) is 6.58. The Hall–Kier alpha value is -0.560. The molecule has 0 fully saturated rings. The van der Waals surface area contributed by atoms with Crippen molar-refractivity contribution in [3.8, 4) is 0 Å². The van der Waals surface area contributed by atoms with Gasteiger partial charge in [-0.1, -0.05) is 6.92 Å². The summed E-state index contributed by atoms with van der Waals surface area (Å²) < 4.78 is 33.0. The van der Waals surface area contributed by atoms with E-state index in [0.717, 1.165) is 6.42 Å². The molecule has 3 N–H and O–H groups in total. The van der Waals surface area contributed by atoms with Gasteiger partial charge in [-0.25, -0.2) is 8.78 Å². The van der Waals surface area contributed by atoms with E-state index in [1.54, 1.807) is 0 Å². The number of hydrogen-bond acceptors (Lipinski definition) is 3. The minimum absolute atomic E-state index is 0.0630. The van der Waals surface area contributed by atoms with Gasteiger partial charge in [0.1, 0.15) is 11.6 Å². The Bertz CT molecular complexity index is 391. The lowest BCUT2D eigenvalue weighted by molar-refractivity contribution is 0.124. The van der Waals surface area contributed by atoms with Crippen molar-refractivity contribution in [3.63, 3.8) is 0 Å². The fourth-order valence-electron chi connectivity index (χ4n) is 1.62. The van der Waals surface area contributed by atoms with Gasteiger partial charge in [-0.05, 0) is 40.9 Å². The summed E-state index contributed by atoms with van der Waals surface area (Å²) in [6.45, 7) is 3.02. The van der Waals surface area contributed by atoms with E-state index in [-0.39, 0.29) is 10.0 Å². The van der Waals surface area contributed by atoms with Crippen molar-refractivity contribution < 1.29 is 13.5 Å². The van der Waals surface area contributed by atoms with Crippen LogP contribution in [-0.2, 0) is 4.74 Å². The number of hydrogen-bond donors (Lipinski definition) is 2. The lowest BCUT2D eigenvalue weighted by atomic mass is 10.0. The fourth-order valence-corrected chi connectivity index (χ4v) is 1.97. The predicted octanol–water partition coefficient (Wildman–Crippen LogP) is 3.05. The van der Waals surface area contributed by atoms with Gasteiger partial charge in [0, 0.05) is 18.8 Å². The number of halogens is 3. The topological polar surface area (TPSA) is 47.3 Å². The molecule has 0 saturated heterocycles. The van der Waals surface area contributed by atoms with Crippen LogP contribution in [-0.4, -0.2) is 13.2 Å². The van der Waals surface area contributed by atoms with Gasteiger partial charge in [-0.2, -0.15) is 0 Å². The first-order chi connectivity index (χ1) is 8.61. The molecule has 1 aromatic carbocycles. The van der Waals surface area contributed by atoms with Crippen LogP contribution in [0.2, 0.25) is 0 Å². The maximum Gasteiger partial charge on any atom is 0.145 e. The lowest BCUT2D eigenvalue weighted by Gasteiger charge is -2.18. The first-order valence-electron chi connectivity index (χ1n) is 5.79. The quantitative estimate of drug-likeness (QED) is 0.351. The minimum atomic E-state index is -0.631. The average molecular weight is 323 g/mol. The largest absolute Gasteiger partial charge is 0.381 e. The summed E-state index contributed by atoms with van der Waals surface area (Å²) in [5.74, 6) is 4.11. The highest BCUT2D eigenvalue weighted by Gasteiger charge is 2.20. The number of ether oxygens (including phenoxy) is 1. The zero-order valence-electron chi connectivity index (χ0n) is 10.2. The summed E-state index contributed by atoms with van der Waals surface area (Å²) in [5.41, 5.74) is 2.36. The molecule has 0 aliphatic heterocycles. The molecule has 0 heterocycles. The standard InChI is InChI=1S/C12H17BrF2N2O/c1-2-6-18-7-5-10(17-16)11-9(14)4-3-8(13)12(11)15/h3-4,10,17H,2,5-7,16H2,1H3. The molecule has 0 saturated carbocycles. The molecule has 0 bridgehead atoms. The van der Waals surface area contributed by atoms with Gasteiger partial charge in [0.15, 0.2) is 0 Å². The van der Waals surface area contributed by atoms with Gasteiger partial charge < -0.3 is 4.74 Å². The smallest absolute Gasteiger partial charge is 0.145 e. The molecule has 3 nitrogen and oxygen atoms in total. The molecule has 0 aliphatic rings. The number of hydrazine groups is 1. The van der Waals surface area contributed by atoms with Crippen LogP contribution in [0.4, 0.5) is 8.78 Å². The third-order valence-electron chi connectivity index (χ3n) is 2.53. The van der Waals surface area contributed by atoms with E-state index in [1.165, 1.54) is 12.1 Å². The maximum atomic E-state index is 13.9. The third kappa shape index (κ3) is 3.98. The molecule has 0 aromatic heterocycles. The molecule has 6 heteroatoms. The van der Waals surface area contributed by atoms with E-state index in [4.69, 9.17) is 10.6 Å². The molecule has 102 valence electrons. The molecule has 0 spiro atoms. The summed E-state index contributed by atoms with van der Waals surface area (Å²) in [5, 5.41) is 0. The van der Waals surface area contributed by atoms with Crippen LogP contribution < -0.4 is 11.3 Å². The Balaban J connectivity index is 2.78. The molecule has 0 amide bonds. The zero-order valence-corrected chi connectivity index (χ0v) is 11.8. The minimum Gasteiger partial charge on any atom is -0.381 e. The van der Waals surface area contributed by atoms with Crippen LogP contribution >= 0.6 is 15.9 Å². The molecule has 18 heavy (non-hydrogen) atoms. The highest BCUT2D eigenvalue weighted by Crippen LogP contribution is 2.28. The number of nitrogens with two attached hydrogens (primary N) is 1. The van der Waals surface area contributed by atoms with Gasteiger partial charge >= 0.3 is 0 Å². The molecule has 1 unspecified atom stereocenters. The molecule has 1 atom stereocenters. The Kier molecular flexibility index (Phi) is 6.70. The maximum absolute atomic E-state index is 13.9. The zero-order chi connectivity index (χ0) is 13.5. The van der Waals surface area contributed by atoms with E-state index >= 15 is 0 Å². The number of benzene rings is 1. The van der Waals surface area contributed by atoms with Crippen LogP contribution in [0.1, 0.15) is 31.4 Å². The molecule has 1 rings (SSSR count). The summed E-state index contributed by atoms with van der Waals surface area (Å²) in [7, 11) is 0.